The maximum absolute atomic E-state index is 12.4. The van der Waals surface area contributed by atoms with Gasteiger partial charge in [0.25, 0.3) is 10.1 Å². The van der Waals surface area contributed by atoms with Gasteiger partial charge in [-0.1, -0.05) is 84.0 Å². The molecule has 0 radical (unpaired) electrons. The van der Waals surface area contributed by atoms with Crippen molar-refractivity contribution in [3.8, 4) is 0 Å². The molecule has 0 aromatic rings. The molecular weight excluding hydrogens is 548 g/mol. The number of esters is 2. The molecule has 1 heterocycles. The van der Waals surface area contributed by atoms with Gasteiger partial charge >= 0.3 is 11.9 Å². The number of hydrogen-bond donors (Lipinski definition) is 4. The van der Waals surface area contributed by atoms with Crippen LogP contribution in [0.4, 0.5) is 0 Å². The van der Waals surface area contributed by atoms with Crippen molar-refractivity contribution >= 4 is 22.1 Å². The number of aliphatic hydroxyl groups excluding tert-OH is 3. The first-order valence-electron chi connectivity index (χ1n) is 14.5. The molecule has 1 saturated heterocycles. The van der Waals surface area contributed by atoms with Gasteiger partial charge < -0.3 is 34.3 Å². The van der Waals surface area contributed by atoms with E-state index >= 15 is 0 Å². The van der Waals surface area contributed by atoms with Crippen LogP contribution < -0.4 is 0 Å². The van der Waals surface area contributed by atoms with Crippen LogP contribution in [0.1, 0.15) is 104 Å². The number of carbonyl (C=O) groups excluding carboxylic acids is 2. The Morgan fingerprint density at radius 1 is 0.800 bits per heavy atom. The van der Waals surface area contributed by atoms with Gasteiger partial charge in [0.15, 0.2) is 12.4 Å². The zero-order chi connectivity index (χ0) is 30.0. The maximum Gasteiger partial charge on any atom is 0.306 e. The van der Waals surface area contributed by atoms with Crippen molar-refractivity contribution in [2.45, 2.75) is 141 Å². The molecule has 6 atom stereocenters. The van der Waals surface area contributed by atoms with Gasteiger partial charge in [0.05, 0.1) is 6.61 Å². The normalized spacial score (nSPS) is 24.0. The fourth-order valence-corrected chi connectivity index (χ4v) is 5.15. The Morgan fingerprint density at radius 2 is 1.32 bits per heavy atom. The summed E-state index contributed by atoms with van der Waals surface area (Å²) in [5.74, 6) is -2.17. The van der Waals surface area contributed by atoms with E-state index in [0.29, 0.717) is 6.42 Å². The minimum Gasteiger partial charge on any atom is -0.462 e. The molecule has 0 aliphatic carbocycles. The quantitative estimate of drug-likeness (QED) is 0.0812. The molecular formula is C27H50O12S. The molecule has 13 heteroatoms. The summed E-state index contributed by atoms with van der Waals surface area (Å²) in [6.45, 7) is 2.65. The first-order chi connectivity index (χ1) is 18.9. The molecule has 4 N–H and O–H groups in total. The predicted octanol–water partition coefficient (Wildman–Crippen LogP) is 2.65. The van der Waals surface area contributed by atoms with Crippen molar-refractivity contribution in [1.29, 1.82) is 0 Å². The highest BCUT2D eigenvalue weighted by molar-refractivity contribution is 7.85. The molecule has 40 heavy (non-hydrogen) atoms. The van der Waals surface area contributed by atoms with Crippen LogP contribution in [0.2, 0.25) is 0 Å². The molecule has 1 fully saturated rings. The van der Waals surface area contributed by atoms with E-state index in [1.807, 2.05) is 0 Å². The van der Waals surface area contributed by atoms with Crippen LogP contribution in [-0.2, 0) is 38.7 Å². The Kier molecular flexibility index (Phi) is 18.8. The van der Waals surface area contributed by atoms with E-state index in [-0.39, 0.29) is 13.0 Å². The summed E-state index contributed by atoms with van der Waals surface area (Å²) < 4.78 is 52.3. The Bertz CT molecular complexity index is 805. The molecule has 0 spiro atoms. The van der Waals surface area contributed by atoms with E-state index in [4.69, 9.17) is 23.5 Å². The fourth-order valence-electron chi connectivity index (χ4n) is 4.46. The highest BCUT2D eigenvalue weighted by Gasteiger charge is 2.46. The van der Waals surface area contributed by atoms with Crippen molar-refractivity contribution in [3.05, 3.63) is 0 Å². The van der Waals surface area contributed by atoms with E-state index in [2.05, 4.69) is 6.92 Å². The van der Waals surface area contributed by atoms with Gasteiger partial charge in [0, 0.05) is 13.3 Å². The second kappa shape index (κ2) is 20.5. The van der Waals surface area contributed by atoms with Crippen LogP contribution in [0.5, 0.6) is 0 Å². The van der Waals surface area contributed by atoms with Crippen LogP contribution in [-0.4, -0.2) is 96.0 Å². The lowest BCUT2D eigenvalue weighted by atomic mass is 10.00. The van der Waals surface area contributed by atoms with Gasteiger partial charge in [-0.2, -0.15) is 8.42 Å². The van der Waals surface area contributed by atoms with E-state index in [1.54, 1.807) is 0 Å². The number of hydrogen-bond acceptors (Lipinski definition) is 11. The lowest BCUT2D eigenvalue weighted by Gasteiger charge is -2.40. The smallest absolute Gasteiger partial charge is 0.306 e. The third-order valence-corrected chi connectivity index (χ3v) is 7.49. The average molecular weight is 599 g/mol. The van der Waals surface area contributed by atoms with Gasteiger partial charge in [0.2, 0.25) is 0 Å². The van der Waals surface area contributed by atoms with E-state index in [1.165, 1.54) is 64.7 Å². The molecule has 236 valence electrons. The summed E-state index contributed by atoms with van der Waals surface area (Å²) in [5, 5.41) is 30.1. The minimum absolute atomic E-state index is 0.165. The second-order valence-corrected chi connectivity index (χ2v) is 12.0. The highest BCUT2D eigenvalue weighted by Crippen LogP contribution is 2.23. The van der Waals surface area contributed by atoms with Crippen molar-refractivity contribution in [2.24, 2.45) is 0 Å². The Hall–Kier alpha value is -1.35. The van der Waals surface area contributed by atoms with E-state index in [9.17, 15) is 33.3 Å². The number of unbranched alkanes of at least 4 members (excludes halogenated alkanes) is 12. The van der Waals surface area contributed by atoms with E-state index < -0.39 is 71.2 Å². The van der Waals surface area contributed by atoms with Crippen molar-refractivity contribution < 1.29 is 56.8 Å². The molecule has 0 aromatic carbocycles. The molecule has 12 nitrogen and oxygen atoms in total. The molecule has 0 saturated carbocycles. The van der Waals surface area contributed by atoms with Crippen molar-refractivity contribution in [2.75, 3.05) is 19.0 Å². The summed E-state index contributed by atoms with van der Waals surface area (Å²) >= 11 is 0. The minimum atomic E-state index is -4.57. The Labute approximate surface area is 238 Å². The lowest BCUT2D eigenvalue weighted by Crippen LogP contribution is -2.60. The van der Waals surface area contributed by atoms with Gasteiger partial charge in [-0.25, -0.2) is 0 Å². The summed E-state index contributed by atoms with van der Waals surface area (Å²) in [6, 6.07) is 0. The molecule has 1 aliphatic heterocycles. The highest BCUT2D eigenvalue weighted by atomic mass is 32.2. The van der Waals surface area contributed by atoms with Crippen LogP contribution in [0, 0.1) is 0 Å². The number of ether oxygens (including phenoxy) is 4. The monoisotopic (exact) mass is 598 g/mol. The van der Waals surface area contributed by atoms with Crippen molar-refractivity contribution in [1.82, 2.24) is 0 Å². The maximum atomic E-state index is 12.4. The first-order valence-corrected chi connectivity index (χ1v) is 16.1. The van der Waals surface area contributed by atoms with Crippen LogP contribution >= 0.6 is 0 Å². The lowest BCUT2D eigenvalue weighted by molar-refractivity contribution is -0.297. The van der Waals surface area contributed by atoms with E-state index in [0.717, 1.165) is 19.3 Å². The Balaban J connectivity index is 2.37. The predicted molar refractivity (Wildman–Crippen MR) is 146 cm³/mol. The van der Waals surface area contributed by atoms with Gasteiger partial charge in [0.1, 0.15) is 36.8 Å². The summed E-state index contributed by atoms with van der Waals surface area (Å²) in [6.07, 6.45) is 5.79. The van der Waals surface area contributed by atoms with Crippen molar-refractivity contribution in [3.63, 3.8) is 0 Å². The number of rotatable bonds is 22. The molecule has 1 aliphatic rings. The van der Waals surface area contributed by atoms with Crippen LogP contribution in [0.15, 0.2) is 0 Å². The Morgan fingerprint density at radius 3 is 1.82 bits per heavy atom. The van der Waals surface area contributed by atoms with Gasteiger partial charge in [-0.15, -0.1) is 0 Å². The summed E-state index contributed by atoms with van der Waals surface area (Å²) in [4.78, 5) is 23.6. The fraction of sp³-hybridized carbons (Fsp3) is 0.926. The van der Waals surface area contributed by atoms with Gasteiger partial charge in [-0.3, -0.25) is 14.1 Å². The first kappa shape index (κ1) is 36.7. The third-order valence-electron chi connectivity index (χ3n) is 6.74. The molecule has 0 amide bonds. The molecule has 1 rings (SSSR count). The standard InChI is InChI=1S/C27H50O12S/c1-3-4-5-6-7-8-9-10-11-12-13-14-15-16-23(29)38-21(17-36-20(2)28)18-37-27-26(32)25(31)24(30)22(39-27)19-40(33,34)35/h21-22,24-27,30-32H,3-19H2,1-2H3,(H,33,34,35)/t21-,22-,24-,25+,26-,27-/m1/s1. The number of carbonyl (C=O) groups is 2. The summed E-state index contributed by atoms with van der Waals surface area (Å²) in [5.41, 5.74) is 0. The third kappa shape index (κ3) is 16.8. The zero-order valence-corrected chi connectivity index (χ0v) is 24.8. The molecule has 0 unspecified atom stereocenters. The number of aliphatic hydroxyl groups is 3. The molecule has 0 aromatic heterocycles. The average Bonchev–Trinajstić information content (AvgIpc) is 2.88. The largest absolute Gasteiger partial charge is 0.462 e. The molecule has 0 bridgehead atoms. The topological polar surface area (TPSA) is 186 Å². The summed E-state index contributed by atoms with van der Waals surface area (Å²) in [7, 11) is -4.57. The zero-order valence-electron chi connectivity index (χ0n) is 23.9. The van der Waals surface area contributed by atoms with Gasteiger partial charge in [-0.05, 0) is 6.42 Å². The second-order valence-electron chi connectivity index (χ2n) is 10.5. The van der Waals surface area contributed by atoms with Crippen LogP contribution in [0.3, 0.4) is 0 Å². The SMILES string of the molecule is CCCCCCCCCCCCCCCC(=O)O[C@H](COC(C)=O)CO[C@@H]1O[C@H](CS(=O)(=O)O)[C@@H](O)[C@H](O)[C@H]1O. The van der Waals surface area contributed by atoms with Crippen LogP contribution in [0.25, 0.3) is 0 Å².